The molecule has 1 aliphatic rings. The fourth-order valence-electron chi connectivity index (χ4n) is 2.44. The minimum Gasteiger partial charge on any atom is -0.496 e. The highest BCUT2D eigenvalue weighted by atomic mass is 32.1. The number of thiophene rings is 1. The zero-order chi connectivity index (χ0) is 17.1. The van der Waals surface area contributed by atoms with Crippen molar-refractivity contribution in [2.45, 2.75) is 19.4 Å². The maximum Gasteiger partial charge on any atom is 0.264 e. The molecule has 0 atom stereocenters. The van der Waals surface area contributed by atoms with E-state index in [0.29, 0.717) is 11.4 Å². The highest BCUT2D eigenvalue weighted by Crippen LogP contribution is 2.32. The van der Waals surface area contributed by atoms with Gasteiger partial charge in [-0.05, 0) is 31.0 Å². The Balaban J connectivity index is 1.65. The van der Waals surface area contributed by atoms with Crippen LogP contribution < -0.4 is 10.1 Å². The zero-order valence-electron chi connectivity index (χ0n) is 13.7. The second-order valence-electron chi connectivity index (χ2n) is 5.90. The van der Waals surface area contributed by atoms with E-state index in [0.717, 1.165) is 29.2 Å². The fraction of sp³-hybridized carbons (Fsp3) is 0.333. The largest absolute Gasteiger partial charge is 0.496 e. The van der Waals surface area contributed by atoms with E-state index in [4.69, 9.17) is 4.74 Å². The first kappa shape index (κ1) is 16.5. The first-order valence-corrected chi connectivity index (χ1v) is 8.68. The average molecular weight is 344 g/mol. The highest BCUT2D eigenvalue weighted by molar-refractivity contribution is 7.18. The molecular formula is C18H20N2O3S. The van der Waals surface area contributed by atoms with E-state index in [1.807, 2.05) is 24.3 Å². The van der Waals surface area contributed by atoms with Crippen LogP contribution in [-0.4, -0.2) is 30.9 Å². The van der Waals surface area contributed by atoms with E-state index in [1.165, 1.54) is 11.3 Å². The molecule has 1 heterocycles. The summed E-state index contributed by atoms with van der Waals surface area (Å²) in [4.78, 5) is 26.6. The van der Waals surface area contributed by atoms with Crippen molar-refractivity contribution in [2.24, 2.45) is 5.92 Å². The van der Waals surface area contributed by atoms with Crippen LogP contribution in [0.25, 0.3) is 0 Å². The average Bonchev–Trinajstić information content (AvgIpc) is 3.35. The van der Waals surface area contributed by atoms with Gasteiger partial charge in [-0.2, -0.15) is 0 Å². The van der Waals surface area contributed by atoms with E-state index in [2.05, 4.69) is 5.32 Å². The summed E-state index contributed by atoms with van der Waals surface area (Å²) in [6.07, 6.45) is 1.93. The van der Waals surface area contributed by atoms with Gasteiger partial charge < -0.3 is 15.0 Å². The Hall–Kier alpha value is -2.34. The van der Waals surface area contributed by atoms with Crippen LogP contribution in [0.3, 0.4) is 0 Å². The van der Waals surface area contributed by atoms with Crippen LogP contribution in [0.4, 0.5) is 5.00 Å². The minimum absolute atomic E-state index is 0.0539. The molecule has 1 saturated carbocycles. The molecule has 0 spiro atoms. The molecule has 0 unspecified atom stereocenters. The molecule has 1 aliphatic carbocycles. The number of methoxy groups -OCH3 is 1. The number of nitrogens with zero attached hydrogens (tertiary/aromatic N) is 1. The first-order chi connectivity index (χ1) is 11.6. The van der Waals surface area contributed by atoms with E-state index in [1.54, 1.807) is 31.2 Å². The number of para-hydroxylation sites is 1. The van der Waals surface area contributed by atoms with Gasteiger partial charge in [-0.15, -0.1) is 11.3 Å². The molecule has 0 bridgehead atoms. The summed E-state index contributed by atoms with van der Waals surface area (Å²) in [5.74, 6) is 0.899. The highest BCUT2D eigenvalue weighted by Gasteiger charge is 2.30. The molecule has 126 valence electrons. The number of hydrogen-bond donors (Lipinski definition) is 1. The second kappa shape index (κ2) is 7.05. The van der Waals surface area contributed by atoms with Gasteiger partial charge in [-0.25, -0.2) is 0 Å². The topological polar surface area (TPSA) is 58.6 Å². The SMILES string of the molecule is COc1ccccc1CN(C)C(=O)c1ccc(NC(=O)C2CC2)s1. The maximum absolute atomic E-state index is 12.6. The van der Waals surface area contributed by atoms with Gasteiger partial charge >= 0.3 is 0 Å². The van der Waals surface area contributed by atoms with Crippen LogP contribution in [0.1, 0.15) is 28.1 Å². The smallest absolute Gasteiger partial charge is 0.264 e. The van der Waals surface area contributed by atoms with Crippen molar-refractivity contribution in [3.8, 4) is 5.75 Å². The number of hydrogen-bond acceptors (Lipinski definition) is 4. The summed E-state index contributed by atoms with van der Waals surface area (Å²) >= 11 is 1.31. The molecule has 0 radical (unpaired) electrons. The van der Waals surface area contributed by atoms with E-state index >= 15 is 0 Å². The lowest BCUT2D eigenvalue weighted by Gasteiger charge is -2.18. The Bertz CT molecular complexity index is 752. The molecule has 0 saturated heterocycles. The van der Waals surface area contributed by atoms with Crippen LogP contribution in [0, 0.1) is 5.92 Å². The monoisotopic (exact) mass is 344 g/mol. The van der Waals surface area contributed by atoms with Crippen molar-refractivity contribution in [1.29, 1.82) is 0 Å². The standard InChI is InChI=1S/C18H20N2O3S/c1-20(11-13-5-3-4-6-14(13)23-2)18(22)15-9-10-16(24-15)19-17(21)12-7-8-12/h3-6,9-10,12H,7-8,11H2,1-2H3,(H,19,21). The molecule has 0 aliphatic heterocycles. The van der Waals surface area contributed by atoms with Crippen LogP contribution in [0.2, 0.25) is 0 Å². The number of amides is 2. The maximum atomic E-state index is 12.6. The third-order valence-electron chi connectivity index (χ3n) is 3.96. The summed E-state index contributed by atoms with van der Waals surface area (Å²) in [5.41, 5.74) is 0.953. The molecule has 2 aromatic rings. The zero-order valence-corrected chi connectivity index (χ0v) is 14.6. The van der Waals surface area contributed by atoms with Gasteiger partial charge in [0.2, 0.25) is 5.91 Å². The number of anilines is 1. The van der Waals surface area contributed by atoms with Crippen molar-refractivity contribution in [1.82, 2.24) is 4.90 Å². The molecular weight excluding hydrogens is 324 g/mol. The third kappa shape index (κ3) is 3.76. The third-order valence-corrected chi connectivity index (χ3v) is 4.95. The van der Waals surface area contributed by atoms with Gasteiger partial charge in [0.05, 0.1) is 17.0 Å². The van der Waals surface area contributed by atoms with Crippen molar-refractivity contribution in [3.05, 3.63) is 46.8 Å². The van der Waals surface area contributed by atoms with E-state index in [9.17, 15) is 9.59 Å². The van der Waals surface area contributed by atoms with Gasteiger partial charge in [0, 0.05) is 25.1 Å². The quantitative estimate of drug-likeness (QED) is 0.874. The predicted octanol–water partition coefficient (Wildman–Crippen LogP) is 3.38. The fourth-order valence-corrected chi connectivity index (χ4v) is 3.34. The van der Waals surface area contributed by atoms with Crippen LogP contribution in [0.5, 0.6) is 5.75 Å². The Morgan fingerprint density at radius 2 is 2.00 bits per heavy atom. The lowest BCUT2D eigenvalue weighted by atomic mass is 10.2. The normalized spacial score (nSPS) is 13.4. The van der Waals surface area contributed by atoms with Crippen LogP contribution in [0.15, 0.2) is 36.4 Å². The Morgan fingerprint density at radius 3 is 2.71 bits per heavy atom. The lowest BCUT2D eigenvalue weighted by Crippen LogP contribution is -2.25. The van der Waals surface area contributed by atoms with Gasteiger partial charge in [0.25, 0.3) is 5.91 Å². The molecule has 24 heavy (non-hydrogen) atoms. The number of carbonyl (C=O) groups is 2. The van der Waals surface area contributed by atoms with Crippen molar-refractivity contribution >= 4 is 28.2 Å². The van der Waals surface area contributed by atoms with Crippen LogP contribution in [-0.2, 0) is 11.3 Å². The first-order valence-electron chi connectivity index (χ1n) is 7.86. The summed E-state index contributed by atoms with van der Waals surface area (Å²) < 4.78 is 5.32. The van der Waals surface area contributed by atoms with Crippen molar-refractivity contribution in [3.63, 3.8) is 0 Å². The van der Waals surface area contributed by atoms with Gasteiger partial charge in [0.15, 0.2) is 0 Å². The van der Waals surface area contributed by atoms with Gasteiger partial charge in [-0.3, -0.25) is 9.59 Å². The number of nitrogens with one attached hydrogen (secondary N) is 1. The molecule has 1 fully saturated rings. The van der Waals surface area contributed by atoms with E-state index in [-0.39, 0.29) is 17.7 Å². The minimum atomic E-state index is -0.0715. The molecule has 1 aromatic carbocycles. The Kier molecular flexibility index (Phi) is 4.85. The molecule has 1 N–H and O–H groups in total. The van der Waals surface area contributed by atoms with E-state index < -0.39 is 0 Å². The van der Waals surface area contributed by atoms with Gasteiger partial charge in [0.1, 0.15) is 5.75 Å². The lowest BCUT2D eigenvalue weighted by molar-refractivity contribution is -0.117. The Labute approximate surface area is 145 Å². The number of carbonyl (C=O) groups excluding carboxylic acids is 2. The molecule has 5 nitrogen and oxygen atoms in total. The predicted molar refractivity (Wildman–Crippen MR) is 94.5 cm³/mol. The Morgan fingerprint density at radius 1 is 1.25 bits per heavy atom. The van der Waals surface area contributed by atoms with Gasteiger partial charge in [-0.1, -0.05) is 18.2 Å². The summed E-state index contributed by atoms with van der Waals surface area (Å²) in [5, 5.41) is 3.60. The van der Waals surface area contributed by atoms with Crippen LogP contribution >= 0.6 is 11.3 Å². The van der Waals surface area contributed by atoms with Crippen molar-refractivity contribution in [2.75, 3.05) is 19.5 Å². The summed E-state index contributed by atoms with van der Waals surface area (Å²) in [6, 6.07) is 11.2. The summed E-state index contributed by atoms with van der Waals surface area (Å²) in [7, 11) is 3.38. The summed E-state index contributed by atoms with van der Waals surface area (Å²) in [6.45, 7) is 0.463. The number of rotatable bonds is 6. The number of ether oxygens (including phenoxy) is 1. The molecule has 3 rings (SSSR count). The van der Waals surface area contributed by atoms with Crippen molar-refractivity contribution < 1.29 is 14.3 Å². The second-order valence-corrected chi connectivity index (χ2v) is 6.98. The molecule has 1 aromatic heterocycles. The molecule has 2 amide bonds. The molecule has 6 heteroatoms. The number of benzene rings is 1.